The standard InChI is InChI=1S/C18H21NO/c1-15-7-5-6-10-17(15)18(12-19-13-18)14-20-11-16-8-3-2-4-9-16/h2-10,19H,11-14H2,1H3. The lowest BCUT2D eigenvalue weighted by Crippen LogP contribution is -2.59. The molecular formula is C18H21NO. The Labute approximate surface area is 120 Å². The quantitative estimate of drug-likeness (QED) is 0.899. The van der Waals surface area contributed by atoms with Crippen LogP contribution in [0.25, 0.3) is 0 Å². The van der Waals surface area contributed by atoms with Crippen LogP contribution in [-0.4, -0.2) is 19.7 Å². The first-order chi connectivity index (χ1) is 9.80. The predicted molar refractivity (Wildman–Crippen MR) is 81.8 cm³/mol. The van der Waals surface area contributed by atoms with Gasteiger partial charge in [-0.2, -0.15) is 0 Å². The van der Waals surface area contributed by atoms with Crippen LogP contribution in [0.1, 0.15) is 16.7 Å². The van der Waals surface area contributed by atoms with Crippen LogP contribution in [0.5, 0.6) is 0 Å². The van der Waals surface area contributed by atoms with Crippen LogP contribution in [0, 0.1) is 6.92 Å². The number of hydrogen-bond donors (Lipinski definition) is 1. The predicted octanol–water partition coefficient (Wildman–Crippen LogP) is 3.05. The van der Waals surface area contributed by atoms with Crippen molar-refractivity contribution in [3.05, 3.63) is 71.3 Å². The molecule has 0 bridgehead atoms. The summed E-state index contributed by atoms with van der Waals surface area (Å²) >= 11 is 0. The minimum atomic E-state index is 0.153. The number of hydrogen-bond acceptors (Lipinski definition) is 2. The molecule has 2 nitrogen and oxygen atoms in total. The van der Waals surface area contributed by atoms with E-state index in [1.807, 2.05) is 6.07 Å². The highest BCUT2D eigenvalue weighted by molar-refractivity contribution is 5.36. The molecule has 20 heavy (non-hydrogen) atoms. The molecule has 2 heteroatoms. The van der Waals surface area contributed by atoms with Gasteiger partial charge in [0, 0.05) is 18.5 Å². The maximum absolute atomic E-state index is 6.00. The first-order valence-electron chi connectivity index (χ1n) is 7.19. The van der Waals surface area contributed by atoms with Gasteiger partial charge < -0.3 is 10.1 Å². The van der Waals surface area contributed by atoms with Crippen molar-refractivity contribution >= 4 is 0 Å². The van der Waals surface area contributed by atoms with Crippen molar-refractivity contribution in [2.75, 3.05) is 19.7 Å². The number of benzene rings is 2. The summed E-state index contributed by atoms with van der Waals surface area (Å²) < 4.78 is 6.00. The van der Waals surface area contributed by atoms with Gasteiger partial charge in [0.25, 0.3) is 0 Å². The Morgan fingerprint density at radius 2 is 1.70 bits per heavy atom. The van der Waals surface area contributed by atoms with Gasteiger partial charge in [0.2, 0.25) is 0 Å². The van der Waals surface area contributed by atoms with E-state index in [4.69, 9.17) is 4.74 Å². The van der Waals surface area contributed by atoms with E-state index in [-0.39, 0.29) is 5.41 Å². The molecule has 0 atom stereocenters. The molecule has 0 aliphatic carbocycles. The Morgan fingerprint density at radius 3 is 2.35 bits per heavy atom. The summed E-state index contributed by atoms with van der Waals surface area (Å²) in [5, 5.41) is 3.40. The third kappa shape index (κ3) is 2.62. The van der Waals surface area contributed by atoms with Gasteiger partial charge in [-0.15, -0.1) is 0 Å². The molecule has 0 saturated carbocycles. The molecule has 1 saturated heterocycles. The highest BCUT2D eigenvalue weighted by atomic mass is 16.5. The normalized spacial score (nSPS) is 16.6. The van der Waals surface area contributed by atoms with Crippen LogP contribution >= 0.6 is 0 Å². The lowest BCUT2D eigenvalue weighted by atomic mass is 9.74. The van der Waals surface area contributed by atoms with E-state index in [0.717, 1.165) is 19.7 Å². The number of ether oxygens (including phenoxy) is 1. The van der Waals surface area contributed by atoms with E-state index in [0.29, 0.717) is 6.61 Å². The molecule has 2 aromatic rings. The minimum absolute atomic E-state index is 0.153. The van der Waals surface area contributed by atoms with Crippen LogP contribution < -0.4 is 5.32 Å². The lowest BCUT2D eigenvalue weighted by molar-refractivity contribution is 0.0469. The van der Waals surface area contributed by atoms with Gasteiger partial charge in [0.15, 0.2) is 0 Å². The zero-order valence-electron chi connectivity index (χ0n) is 11.9. The highest BCUT2D eigenvalue weighted by Gasteiger charge is 2.39. The molecule has 1 N–H and O–H groups in total. The molecule has 1 heterocycles. The average molecular weight is 267 g/mol. The van der Waals surface area contributed by atoms with E-state index in [1.165, 1.54) is 16.7 Å². The van der Waals surface area contributed by atoms with Crippen molar-refractivity contribution in [2.24, 2.45) is 0 Å². The van der Waals surface area contributed by atoms with Crippen molar-refractivity contribution in [1.82, 2.24) is 5.32 Å². The van der Waals surface area contributed by atoms with Crippen LogP contribution in [0.3, 0.4) is 0 Å². The fraction of sp³-hybridized carbons (Fsp3) is 0.333. The van der Waals surface area contributed by atoms with E-state index in [1.54, 1.807) is 0 Å². The third-order valence-electron chi connectivity index (χ3n) is 4.13. The second kappa shape index (κ2) is 5.78. The van der Waals surface area contributed by atoms with Crippen molar-refractivity contribution in [2.45, 2.75) is 18.9 Å². The summed E-state index contributed by atoms with van der Waals surface area (Å²) in [6.07, 6.45) is 0. The van der Waals surface area contributed by atoms with Gasteiger partial charge >= 0.3 is 0 Å². The van der Waals surface area contributed by atoms with E-state index in [9.17, 15) is 0 Å². The first-order valence-corrected chi connectivity index (χ1v) is 7.19. The Bertz CT molecular complexity index is 561. The Morgan fingerprint density at radius 1 is 1.00 bits per heavy atom. The van der Waals surface area contributed by atoms with Crippen LogP contribution in [0.15, 0.2) is 54.6 Å². The van der Waals surface area contributed by atoms with Crippen LogP contribution in [0.2, 0.25) is 0 Å². The molecule has 0 radical (unpaired) electrons. The SMILES string of the molecule is Cc1ccccc1C1(COCc2ccccc2)CNC1. The zero-order valence-corrected chi connectivity index (χ0v) is 11.9. The molecule has 104 valence electrons. The van der Waals surface area contributed by atoms with Gasteiger partial charge in [-0.25, -0.2) is 0 Å². The Kier molecular flexibility index (Phi) is 3.86. The van der Waals surface area contributed by atoms with E-state index in [2.05, 4.69) is 60.8 Å². The van der Waals surface area contributed by atoms with Crippen LogP contribution in [-0.2, 0) is 16.8 Å². The van der Waals surface area contributed by atoms with Gasteiger partial charge in [0.1, 0.15) is 0 Å². The molecule has 3 rings (SSSR count). The van der Waals surface area contributed by atoms with Gasteiger partial charge in [-0.05, 0) is 23.6 Å². The summed E-state index contributed by atoms with van der Waals surface area (Å²) in [6, 6.07) is 19.0. The molecule has 0 spiro atoms. The molecule has 2 aromatic carbocycles. The number of rotatable bonds is 5. The molecule has 0 aromatic heterocycles. The molecule has 0 amide bonds. The van der Waals surface area contributed by atoms with Crippen molar-refractivity contribution in [3.63, 3.8) is 0 Å². The first kappa shape index (κ1) is 13.3. The molecule has 1 fully saturated rings. The van der Waals surface area contributed by atoms with Crippen molar-refractivity contribution in [3.8, 4) is 0 Å². The number of nitrogens with one attached hydrogen (secondary N) is 1. The highest BCUT2D eigenvalue weighted by Crippen LogP contribution is 2.31. The van der Waals surface area contributed by atoms with Crippen LogP contribution in [0.4, 0.5) is 0 Å². The maximum Gasteiger partial charge on any atom is 0.0717 e. The third-order valence-corrected chi connectivity index (χ3v) is 4.13. The van der Waals surface area contributed by atoms with Gasteiger partial charge in [-0.3, -0.25) is 0 Å². The van der Waals surface area contributed by atoms with Crippen molar-refractivity contribution in [1.29, 1.82) is 0 Å². The summed E-state index contributed by atoms with van der Waals surface area (Å²) in [6.45, 7) is 5.67. The monoisotopic (exact) mass is 267 g/mol. The van der Waals surface area contributed by atoms with Gasteiger partial charge in [-0.1, -0.05) is 54.6 Å². The summed E-state index contributed by atoms with van der Waals surface area (Å²) in [5.74, 6) is 0. The van der Waals surface area contributed by atoms with E-state index < -0.39 is 0 Å². The Hall–Kier alpha value is -1.64. The second-order valence-electron chi connectivity index (χ2n) is 5.68. The summed E-state index contributed by atoms with van der Waals surface area (Å²) in [7, 11) is 0. The molecule has 0 unspecified atom stereocenters. The molecule has 1 aliphatic heterocycles. The average Bonchev–Trinajstić information content (AvgIpc) is 2.44. The molecular weight excluding hydrogens is 246 g/mol. The largest absolute Gasteiger partial charge is 0.376 e. The minimum Gasteiger partial charge on any atom is -0.376 e. The van der Waals surface area contributed by atoms with Gasteiger partial charge in [0.05, 0.1) is 13.2 Å². The fourth-order valence-electron chi connectivity index (χ4n) is 2.90. The fourth-order valence-corrected chi connectivity index (χ4v) is 2.90. The second-order valence-corrected chi connectivity index (χ2v) is 5.68. The zero-order chi connectivity index (χ0) is 13.8. The smallest absolute Gasteiger partial charge is 0.0717 e. The van der Waals surface area contributed by atoms with Crippen molar-refractivity contribution < 1.29 is 4.74 Å². The number of aryl methyl sites for hydroxylation is 1. The maximum atomic E-state index is 6.00. The summed E-state index contributed by atoms with van der Waals surface area (Å²) in [4.78, 5) is 0. The van der Waals surface area contributed by atoms with E-state index >= 15 is 0 Å². The Balaban J connectivity index is 1.67. The molecule has 1 aliphatic rings. The topological polar surface area (TPSA) is 21.3 Å². The summed E-state index contributed by atoms with van der Waals surface area (Å²) in [5.41, 5.74) is 4.17. The lowest BCUT2D eigenvalue weighted by Gasteiger charge is -2.43.